The molecule has 0 unspecified atom stereocenters. The van der Waals surface area contributed by atoms with Gasteiger partial charge in [-0.15, -0.1) is 24.8 Å². The van der Waals surface area contributed by atoms with E-state index in [1.165, 1.54) is 48.0 Å². The minimum absolute atomic E-state index is 0. The van der Waals surface area contributed by atoms with E-state index in [0.717, 1.165) is 0 Å². The maximum atomic E-state index is 4.48. The van der Waals surface area contributed by atoms with Crippen LogP contribution in [0.3, 0.4) is 0 Å². The van der Waals surface area contributed by atoms with Crippen LogP contribution in [0.2, 0.25) is 0 Å². The van der Waals surface area contributed by atoms with Gasteiger partial charge in [-0.25, -0.2) is 0 Å². The van der Waals surface area contributed by atoms with Crippen LogP contribution in [0.15, 0.2) is 84.2 Å². The standard InChI is InChI=1S/4C6H7.2CH2.2ClH.2Hf/c4*1-6-4-2-3-5-6;;;;;;/h4*4-5H,2H2,1H3;2*1H2;2*1H;;. The van der Waals surface area contributed by atoms with E-state index >= 15 is 0 Å². The molecule has 0 bridgehead atoms. The van der Waals surface area contributed by atoms with E-state index in [1.54, 1.807) is 13.3 Å². The van der Waals surface area contributed by atoms with E-state index in [2.05, 4.69) is 84.8 Å². The summed E-state index contributed by atoms with van der Waals surface area (Å²) in [5, 5.41) is 0. The molecule has 0 heterocycles. The van der Waals surface area contributed by atoms with Crippen LogP contribution in [0, 0.1) is 0 Å². The van der Waals surface area contributed by atoms with Gasteiger partial charge in [-0.2, -0.15) is 0 Å². The number of hydrogen-bond donors (Lipinski definition) is 0. The van der Waals surface area contributed by atoms with Gasteiger partial charge in [-0.05, 0) is 0 Å². The summed E-state index contributed by atoms with van der Waals surface area (Å²) in [6, 6.07) is 0. The van der Waals surface area contributed by atoms with Gasteiger partial charge in [0.2, 0.25) is 0 Å². The second-order valence-corrected chi connectivity index (χ2v) is 24.4. The van der Waals surface area contributed by atoms with Crippen molar-refractivity contribution in [2.45, 2.75) is 53.4 Å². The van der Waals surface area contributed by atoms with Crippen LogP contribution in [0.25, 0.3) is 0 Å². The van der Waals surface area contributed by atoms with Crippen LogP contribution in [0.4, 0.5) is 0 Å². The van der Waals surface area contributed by atoms with Gasteiger partial charge in [0.25, 0.3) is 0 Å². The van der Waals surface area contributed by atoms with Gasteiger partial charge in [-0.3, -0.25) is 0 Å². The molecule has 0 saturated heterocycles. The van der Waals surface area contributed by atoms with Crippen molar-refractivity contribution in [3.63, 3.8) is 0 Å². The predicted octanol–water partition coefficient (Wildman–Crippen LogP) is 7.85. The zero-order valence-corrected chi connectivity index (χ0v) is 27.5. The van der Waals surface area contributed by atoms with Crippen LogP contribution >= 0.6 is 24.8 Å². The van der Waals surface area contributed by atoms with Gasteiger partial charge < -0.3 is 0 Å². The second kappa shape index (κ2) is 12.9. The quantitative estimate of drug-likeness (QED) is 0.256. The third kappa shape index (κ3) is 7.54. The van der Waals surface area contributed by atoms with Crippen LogP contribution in [0.5, 0.6) is 0 Å². The topological polar surface area (TPSA) is 0 Å². The fourth-order valence-electron chi connectivity index (χ4n) is 3.91. The summed E-state index contributed by atoms with van der Waals surface area (Å²) >= 11 is -3.53. The average molecular weight is 774 g/mol. The van der Waals surface area contributed by atoms with Gasteiger partial charge in [-0.1, -0.05) is 0 Å². The third-order valence-corrected chi connectivity index (χ3v) is 21.9. The SMILES string of the molecule is Cl.Cl.[CH2]=[Hf]([C]1=CC(C)=CC1)[C]1=CC(C)=CC1.[CH2]=[Hf]([C]1=CC(C)=CC1)[C]1=CC(C)=CC1. The summed E-state index contributed by atoms with van der Waals surface area (Å²) in [5.41, 5.74) is 5.76. The van der Waals surface area contributed by atoms with E-state index in [1.807, 2.05) is 0 Å². The molecule has 0 aromatic rings. The Morgan fingerprint density at radius 1 is 0.500 bits per heavy atom. The first-order valence-corrected chi connectivity index (χ1v) is 22.5. The Balaban J connectivity index is 0.000000281. The molecule has 4 aliphatic rings. The molecule has 0 aromatic heterocycles. The molecular weight excluding hydrogens is 740 g/mol. The molecule has 0 nitrogen and oxygen atoms in total. The number of halogens is 2. The summed E-state index contributed by atoms with van der Waals surface area (Å²) in [7, 11) is 0. The zero-order valence-electron chi connectivity index (χ0n) is 18.7. The molecule has 0 spiro atoms. The van der Waals surface area contributed by atoms with Crippen molar-refractivity contribution in [3.8, 4) is 0 Å². The molecule has 0 radical (unpaired) electrons. The van der Waals surface area contributed by atoms with E-state index in [-0.39, 0.29) is 24.8 Å². The Morgan fingerprint density at radius 3 is 0.833 bits per heavy atom. The Bertz CT molecular complexity index is 821. The van der Waals surface area contributed by atoms with Gasteiger partial charge in [0.1, 0.15) is 0 Å². The summed E-state index contributed by atoms with van der Waals surface area (Å²) in [5.74, 6) is 0. The van der Waals surface area contributed by atoms with Crippen molar-refractivity contribution in [1.29, 1.82) is 0 Å². The molecule has 0 N–H and O–H groups in total. The number of hydrogen-bond acceptors (Lipinski definition) is 0. The van der Waals surface area contributed by atoms with Crippen molar-refractivity contribution in [2.75, 3.05) is 0 Å². The molecule has 4 heteroatoms. The fraction of sp³-hybridized carbons (Fsp3) is 0.308. The summed E-state index contributed by atoms with van der Waals surface area (Å²) in [6.07, 6.45) is 23.6. The molecular formula is C26H34Cl2Hf2. The van der Waals surface area contributed by atoms with E-state index in [9.17, 15) is 0 Å². The Kier molecular flexibility index (Phi) is 12.0. The van der Waals surface area contributed by atoms with Crippen LogP contribution in [0.1, 0.15) is 53.4 Å². The monoisotopic (exact) mass is 776 g/mol. The van der Waals surface area contributed by atoms with Crippen molar-refractivity contribution in [3.05, 3.63) is 84.2 Å². The van der Waals surface area contributed by atoms with Crippen molar-refractivity contribution in [2.24, 2.45) is 0 Å². The van der Waals surface area contributed by atoms with Gasteiger partial charge in [0.15, 0.2) is 0 Å². The van der Waals surface area contributed by atoms with Crippen molar-refractivity contribution < 1.29 is 41.9 Å². The molecule has 30 heavy (non-hydrogen) atoms. The van der Waals surface area contributed by atoms with Crippen LogP contribution < -0.4 is 0 Å². The first kappa shape index (κ1) is 28.0. The van der Waals surface area contributed by atoms with Crippen molar-refractivity contribution in [1.82, 2.24) is 0 Å². The molecule has 0 atom stereocenters. The number of allylic oxidation sites excluding steroid dienone is 16. The average Bonchev–Trinajstić information content (AvgIpc) is 3.43. The Labute approximate surface area is 210 Å². The van der Waals surface area contributed by atoms with Crippen molar-refractivity contribution >= 4 is 33.3 Å². The molecule has 0 saturated carbocycles. The van der Waals surface area contributed by atoms with Gasteiger partial charge >= 0.3 is 188 Å². The Morgan fingerprint density at radius 2 is 0.700 bits per heavy atom. The van der Waals surface area contributed by atoms with Crippen LogP contribution in [-0.4, -0.2) is 8.52 Å². The van der Waals surface area contributed by atoms with Crippen LogP contribution in [-0.2, 0) is 41.9 Å². The summed E-state index contributed by atoms with van der Waals surface area (Å²) in [6.45, 7) is 8.77. The van der Waals surface area contributed by atoms with Gasteiger partial charge in [0.05, 0.1) is 0 Å². The van der Waals surface area contributed by atoms with E-state index < -0.39 is 41.9 Å². The zero-order chi connectivity index (χ0) is 20.3. The second-order valence-electron chi connectivity index (χ2n) is 8.24. The fourth-order valence-corrected chi connectivity index (χ4v) is 17.7. The van der Waals surface area contributed by atoms with Gasteiger partial charge in [0, 0.05) is 0 Å². The molecule has 0 aliphatic heterocycles. The molecule has 4 rings (SSSR count). The predicted molar refractivity (Wildman–Crippen MR) is 135 cm³/mol. The molecule has 160 valence electrons. The third-order valence-electron chi connectivity index (χ3n) is 5.73. The summed E-state index contributed by atoms with van der Waals surface area (Å²) < 4.78 is 15.7. The Hall–Kier alpha value is -0.0197. The summed E-state index contributed by atoms with van der Waals surface area (Å²) in [4.78, 5) is 0. The normalized spacial score (nSPS) is 18.8. The molecule has 0 amide bonds. The maximum absolute atomic E-state index is 4.48. The van der Waals surface area contributed by atoms with E-state index in [4.69, 9.17) is 0 Å². The first-order valence-electron chi connectivity index (χ1n) is 10.2. The molecule has 0 aromatic carbocycles. The van der Waals surface area contributed by atoms with E-state index in [0.29, 0.717) is 0 Å². The first-order chi connectivity index (χ1) is 13.3. The molecule has 0 fully saturated rings. The minimum atomic E-state index is -1.76. The number of rotatable bonds is 4. The molecule has 4 aliphatic carbocycles.